The van der Waals surface area contributed by atoms with Crippen molar-refractivity contribution in [2.75, 3.05) is 6.16 Å². The molecule has 0 saturated heterocycles. The van der Waals surface area contributed by atoms with Crippen molar-refractivity contribution < 1.29 is 20.1 Å². The van der Waals surface area contributed by atoms with Gasteiger partial charge in [-0.3, -0.25) is 0 Å². The molecule has 1 radical (unpaired) electrons. The van der Waals surface area contributed by atoms with Crippen LogP contribution in [0.3, 0.4) is 0 Å². The third kappa shape index (κ3) is 5.27. The zero-order valence-corrected chi connectivity index (χ0v) is 14.3. The van der Waals surface area contributed by atoms with E-state index in [0.717, 1.165) is 11.3 Å². The molecular formula is C14H28IrNP-2. The smallest absolute Gasteiger partial charge is 0 e. The fraction of sp³-hybridized carbons (Fsp3) is 0.929. The van der Waals surface area contributed by atoms with Crippen LogP contribution >= 0.6 is 7.92 Å². The van der Waals surface area contributed by atoms with Gasteiger partial charge in [-0.05, 0) is 37.0 Å². The molecule has 1 nitrogen and oxygen atoms in total. The van der Waals surface area contributed by atoms with Crippen molar-refractivity contribution >= 4 is 7.92 Å². The van der Waals surface area contributed by atoms with Gasteiger partial charge in [-0.15, -0.1) is 7.92 Å². The van der Waals surface area contributed by atoms with Gasteiger partial charge in [0.25, 0.3) is 0 Å². The van der Waals surface area contributed by atoms with E-state index in [4.69, 9.17) is 0 Å². The number of hydrogen-bond donors (Lipinski definition) is 0. The fourth-order valence-corrected chi connectivity index (χ4v) is 6.87. The van der Waals surface area contributed by atoms with E-state index >= 15 is 0 Å². The van der Waals surface area contributed by atoms with Crippen LogP contribution in [0.25, 0.3) is 6.15 Å². The third-order valence-corrected chi connectivity index (χ3v) is 7.77. The summed E-state index contributed by atoms with van der Waals surface area (Å²) in [7, 11) is 0.294. The second-order valence-electron chi connectivity index (χ2n) is 5.32. The Kier molecular flexibility index (Phi) is 10.5. The Labute approximate surface area is 123 Å². The van der Waals surface area contributed by atoms with E-state index in [1.165, 1.54) is 70.4 Å². The maximum Gasteiger partial charge on any atom is 0 e. The Morgan fingerprint density at radius 3 is 1.41 bits per heavy atom. The molecule has 2 fully saturated rings. The molecule has 0 spiro atoms. The molecule has 0 aromatic heterocycles. The van der Waals surface area contributed by atoms with E-state index in [-0.39, 0.29) is 26.3 Å². The van der Waals surface area contributed by atoms with E-state index < -0.39 is 0 Å². The molecular weight excluding hydrogens is 405 g/mol. The minimum atomic E-state index is 0. The molecule has 105 valence electrons. The van der Waals surface area contributed by atoms with Crippen molar-refractivity contribution in [1.29, 1.82) is 0 Å². The maximum atomic E-state index is 4.27. The summed E-state index contributed by atoms with van der Waals surface area (Å²) in [5, 5.41) is 0. The predicted octanol–water partition coefficient (Wildman–Crippen LogP) is 5.68. The molecule has 3 heteroatoms. The van der Waals surface area contributed by atoms with E-state index in [9.17, 15) is 0 Å². The van der Waals surface area contributed by atoms with E-state index in [2.05, 4.69) is 6.92 Å². The van der Waals surface area contributed by atoms with Gasteiger partial charge in [0.15, 0.2) is 0 Å². The minimum absolute atomic E-state index is 0. The Morgan fingerprint density at radius 1 is 0.765 bits per heavy atom. The van der Waals surface area contributed by atoms with Crippen molar-refractivity contribution in [1.82, 2.24) is 0 Å². The van der Waals surface area contributed by atoms with Crippen LogP contribution in [-0.2, 0) is 20.1 Å². The van der Waals surface area contributed by atoms with Gasteiger partial charge in [0.05, 0.1) is 0 Å². The molecule has 2 aliphatic rings. The molecule has 2 N–H and O–H groups in total. The molecule has 0 bridgehead atoms. The predicted molar refractivity (Wildman–Crippen MR) is 76.2 cm³/mol. The van der Waals surface area contributed by atoms with Crippen molar-refractivity contribution in [3.05, 3.63) is 13.1 Å². The SMILES string of the molecule is [CH2-]CP(C1CCCCC1)C1CCCCC1.[Ir].[NH2-]. The van der Waals surface area contributed by atoms with Crippen LogP contribution in [0.1, 0.15) is 64.2 Å². The molecule has 0 atom stereocenters. The van der Waals surface area contributed by atoms with Crippen molar-refractivity contribution in [2.45, 2.75) is 75.5 Å². The summed E-state index contributed by atoms with van der Waals surface area (Å²) in [5.41, 5.74) is 2.21. The van der Waals surface area contributed by atoms with Crippen LogP contribution in [0.2, 0.25) is 0 Å². The van der Waals surface area contributed by atoms with Crippen LogP contribution in [-0.4, -0.2) is 17.5 Å². The Bertz CT molecular complexity index is 159. The summed E-state index contributed by atoms with van der Waals surface area (Å²) >= 11 is 0. The molecule has 0 unspecified atom stereocenters. The first kappa shape index (κ1) is 18.0. The van der Waals surface area contributed by atoms with Crippen LogP contribution in [0.4, 0.5) is 0 Å². The Balaban J connectivity index is 0.00000128. The maximum absolute atomic E-state index is 4.27. The number of nitrogens with two attached hydrogens (primary N) is 1. The van der Waals surface area contributed by atoms with Gasteiger partial charge in [0.2, 0.25) is 0 Å². The summed E-state index contributed by atoms with van der Waals surface area (Å²) < 4.78 is 0. The van der Waals surface area contributed by atoms with Gasteiger partial charge >= 0.3 is 0 Å². The van der Waals surface area contributed by atoms with Gasteiger partial charge < -0.3 is 13.1 Å². The molecule has 0 amide bonds. The van der Waals surface area contributed by atoms with Gasteiger partial charge in [0.1, 0.15) is 0 Å². The van der Waals surface area contributed by atoms with Gasteiger partial charge in [-0.25, -0.2) is 0 Å². The fourth-order valence-electron chi connectivity index (χ4n) is 3.49. The second kappa shape index (κ2) is 9.90. The summed E-state index contributed by atoms with van der Waals surface area (Å²) in [5.74, 6) is 0. The second-order valence-corrected chi connectivity index (χ2v) is 8.26. The van der Waals surface area contributed by atoms with E-state index in [1.807, 2.05) is 0 Å². The molecule has 0 heterocycles. The monoisotopic (exact) mass is 434 g/mol. The molecule has 2 saturated carbocycles. The summed E-state index contributed by atoms with van der Waals surface area (Å²) in [6, 6.07) is 0. The number of hydrogen-bond acceptors (Lipinski definition) is 0. The van der Waals surface area contributed by atoms with Crippen molar-refractivity contribution in [2.24, 2.45) is 0 Å². The zero-order chi connectivity index (χ0) is 10.5. The standard InChI is InChI=1S/C14H26P.Ir.H2N/c1-2-15(13-9-5-3-6-10-13)14-11-7-4-8-12-14;;/h13-14H,1-12H2;;1H2/q-1;;-1. The van der Waals surface area contributed by atoms with E-state index in [0.29, 0.717) is 7.92 Å². The summed E-state index contributed by atoms with van der Waals surface area (Å²) in [6.07, 6.45) is 16.5. The van der Waals surface area contributed by atoms with Gasteiger partial charge in [-0.1, -0.05) is 38.5 Å². The molecule has 0 aromatic rings. The Hall–Kier alpha value is 1.04. The molecule has 2 aliphatic carbocycles. The van der Waals surface area contributed by atoms with Crippen molar-refractivity contribution in [3.63, 3.8) is 0 Å². The van der Waals surface area contributed by atoms with Crippen LogP contribution in [0, 0.1) is 6.92 Å². The third-order valence-electron chi connectivity index (χ3n) is 4.35. The minimum Gasteiger partial charge on any atom is -0.693 e. The molecule has 0 aliphatic heterocycles. The average molecular weight is 434 g/mol. The molecule has 0 aromatic carbocycles. The van der Waals surface area contributed by atoms with Crippen LogP contribution < -0.4 is 0 Å². The summed E-state index contributed by atoms with van der Waals surface area (Å²) in [4.78, 5) is 0. The first-order chi connectivity index (χ1) is 7.42. The normalized spacial score (nSPS) is 22.9. The van der Waals surface area contributed by atoms with Crippen LogP contribution in [0.5, 0.6) is 0 Å². The van der Waals surface area contributed by atoms with Crippen LogP contribution in [0.15, 0.2) is 0 Å². The average Bonchev–Trinajstić information content (AvgIpc) is 2.33. The quantitative estimate of drug-likeness (QED) is 0.405. The van der Waals surface area contributed by atoms with Gasteiger partial charge in [0, 0.05) is 20.1 Å². The topological polar surface area (TPSA) is 33.5 Å². The first-order valence-electron chi connectivity index (χ1n) is 6.97. The molecule has 2 rings (SSSR count). The summed E-state index contributed by atoms with van der Waals surface area (Å²) in [6.45, 7) is 4.27. The van der Waals surface area contributed by atoms with E-state index in [1.54, 1.807) is 0 Å². The van der Waals surface area contributed by atoms with Crippen molar-refractivity contribution in [3.8, 4) is 0 Å². The Morgan fingerprint density at radius 2 is 1.12 bits per heavy atom. The molecule has 17 heavy (non-hydrogen) atoms. The number of rotatable bonds is 3. The van der Waals surface area contributed by atoms with Gasteiger partial charge in [-0.2, -0.15) is 6.16 Å². The largest absolute Gasteiger partial charge is 0.693 e. The first-order valence-corrected chi connectivity index (χ1v) is 8.63. The zero-order valence-electron chi connectivity index (χ0n) is 11.0.